The van der Waals surface area contributed by atoms with Crippen molar-refractivity contribution in [3.05, 3.63) is 119 Å². The van der Waals surface area contributed by atoms with Crippen LogP contribution in [-0.4, -0.2) is 34.9 Å². The number of hydrogen-bond acceptors (Lipinski definition) is 5. The van der Waals surface area contributed by atoms with E-state index < -0.39 is 11.9 Å². The molecule has 4 aromatic rings. The number of nitrogens with zero attached hydrogens (tertiary/aromatic N) is 2. The van der Waals surface area contributed by atoms with Gasteiger partial charge in [0.1, 0.15) is 0 Å². The van der Waals surface area contributed by atoms with Gasteiger partial charge in [-0.1, -0.05) is 93.6 Å². The molecular formula is C37H41F3N2O3. The third kappa shape index (κ3) is 7.98. The van der Waals surface area contributed by atoms with Crippen LogP contribution < -0.4 is 0 Å². The van der Waals surface area contributed by atoms with Crippen LogP contribution in [0.3, 0.4) is 0 Å². The summed E-state index contributed by atoms with van der Waals surface area (Å²) in [5.74, 6) is 0.427. The summed E-state index contributed by atoms with van der Waals surface area (Å²) < 4.78 is 58.9. The molecule has 6 atom stereocenters. The minimum atomic E-state index is -4.53. The average Bonchev–Trinajstić information content (AvgIpc) is 3.04. The molecule has 1 fully saturated rings. The van der Waals surface area contributed by atoms with Gasteiger partial charge in [0.25, 0.3) is 0 Å². The molecular weight excluding hydrogens is 577 g/mol. The maximum Gasteiger partial charge on any atom is 0.434 e. The second kappa shape index (κ2) is 14.7. The number of halogens is 3. The van der Waals surface area contributed by atoms with Gasteiger partial charge in [0.05, 0.1) is 56.2 Å². The predicted molar refractivity (Wildman–Crippen MR) is 168 cm³/mol. The number of alkyl halides is 3. The number of benzene rings is 3. The lowest BCUT2D eigenvalue weighted by Gasteiger charge is -2.47. The number of aromatic nitrogens is 2. The Kier molecular flexibility index (Phi) is 10.7. The molecule has 1 aliphatic heterocycles. The van der Waals surface area contributed by atoms with Gasteiger partial charge < -0.3 is 14.2 Å². The summed E-state index contributed by atoms with van der Waals surface area (Å²) in [5, 5.41) is 0. The Morgan fingerprint density at radius 3 is 2.09 bits per heavy atom. The van der Waals surface area contributed by atoms with Crippen molar-refractivity contribution in [3.8, 4) is 11.3 Å². The first-order valence-corrected chi connectivity index (χ1v) is 15.6. The molecule has 45 heavy (non-hydrogen) atoms. The molecule has 0 spiro atoms. The first-order chi connectivity index (χ1) is 21.7. The second-order valence-electron chi connectivity index (χ2n) is 12.0. The van der Waals surface area contributed by atoms with Crippen LogP contribution in [0.2, 0.25) is 0 Å². The number of ether oxygens (including phenoxy) is 3. The van der Waals surface area contributed by atoms with Crippen molar-refractivity contribution in [1.29, 1.82) is 0 Å². The van der Waals surface area contributed by atoms with Gasteiger partial charge >= 0.3 is 6.18 Å². The zero-order chi connectivity index (χ0) is 32.0. The Hall–Kier alpha value is -3.59. The van der Waals surface area contributed by atoms with Gasteiger partial charge in [-0.25, -0.2) is 4.98 Å². The van der Waals surface area contributed by atoms with Gasteiger partial charge in [-0.15, -0.1) is 0 Å². The average molecular weight is 619 g/mol. The van der Waals surface area contributed by atoms with Gasteiger partial charge in [0.2, 0.25) is 0 Å². The third-order valence-corrected chi connectivity index (χ3v) is 9.01. The molecule has 1 saturated heterocycles. The second-order valence-corrected chi connectivity index (χ2v) is 12.0. The quantitative estimate of drug-likeness (QED) is 0.168. The fourth-order valence-corrected chi connectivity index (χ4v) is 6.24. The monoisotopic (exact) mass is 618 g/mol. The molecule has 0 radical (unpaired) electrons. The van der Waals surface area contributed by atoms with Crippen molar-refractivity contribution >= 4 is 0 Å². The van der Waals surface area contributed by atoms with Crippen molar-refractivity contribution < 1.29 is 27.4 Å². The summed E-state index contributed by atoms with van der Waals surface area (Å²) in [5.41, 5.74) is 4.45. The Morgan fingerprint density at radius 2 is 1.51 bits per heavy atom. The fraction of sp³-hybridized carbons (Fsp3) is 0.405. The highest BCUT2D eigenvalue weighted by Gasteiger charge is 2.45. The van der Waals surface area contributed by atoms with Crippen LogP contribution in [0.4, 0.5) is 13.2 Å². The minimum Gasteiger partial charge on any atom is -0.374 e. The van der Waals surface area contributed by atoms with Gasteiger partial charge in [-0.3, -0.25) is 4.98 Å². The van der Waals surface area contributed by atoms with E-state index in [1.807, 2.05) is 61.5 Å². The molecule has 0 aliphatic carbocycles. The number of rotatable bonds is 11. The summed E-state index contributed by atoms with van der Waals surface area (Å²) in [6.07, 6.45) is -2.26. The fourth-order valence-electron chi connectivity index (χ4n) is 6.24. The van der Waals surface area contributed by atoms with Gasteiger partial charge in [0, 0.05) is 11.5 Å². The first kappa shape index (κ1) is 32.8. The lowest BCUT2D eigenvalue weighted by Crippen LogP contribution is -2.53. The van der Waals surface area contributed by atoms with Crippen LogP contribution in [0.15, 0.2) is 91.3 Å². The van der Waals surface area contributed by atoms with E-state index >= 15 is 0 Å². The molecule has 3 aromatic carbocycles. The van der Waals surface area contributed by atoms with E-state index in [-0.39, 0.29) is 36.1 Å². The molecule has 8 heteroatoms. The molecule has 5 rings (SSSR count). The topological polar surface area (TPSA) is 53.5 Å². The van der Waals surface area contributed by atoms with Gasteiger partial charge in [0.15, 0.2) is 5.69 Å². The van der Waals surface area contributed by atoms with E-state index in [1.165, 1.54) is 6.20 Å². The zero-order valence-electron chi connectivity index (χ0n) is 26.2. The van der Waals surface area contributed by atoms with E-state index in [2.05, 4.69) is 55.0 Å². The Balaban J connectivity index is 1.39. The lowest BCUT2D eigenvalue weighted by atomic mass is 9.75. The van der Waals surface area contributed by atoms with Crippen LogP contribution in [0.5, 0.6) is 0 Å². The van der Waals surface area contributed by atoms with Crippen LogP contribution >= 0.6 is 0 Å². The summed E-state index contributed by atoms with van der Waals surface area (Å²) >= 11 is 0. The Bertz CT molecular complexity index is 1500. The molecule has 238 valence electrons. The summed E-state index contributed by atoms with van der Waals surface area (Å²) in [4.78, 5) is 7.63. The molecule has 1 aromatic heterocycles. The molecule has 0 saturated carbocycles. The highest BCUT2D eigenvalue weighted by Crippen LogP contribution is 2.42. The van der Waals surface area contributed by atoms with Crippen molar-refractivity contribution in [1.82, 2.24) is 9.97 Å². The molecule has 0 amide bonds. The van der Waals surface area contributed by atoms with Crippen LogP contribution in [0.1, 0.15) is 61.1 Å². The van der Waals surface area contributed by atoms with Gasteiger partial charge in [-0.05, 0) is 53.5 Å². The number of aryl methyl sites for hydroxylation is 1. The van der Waals surface area contributed by atoms with Crippen molar-refractivity contribution in [2.24, 2.45) is 11.8 Å². The zero-order valence-corrected chi connectivity index (χ0v) is 26.2. The van der Waals surface area contributed by atoms with E-state index in [9.17, 15) is 13.2 Å². The molecule has 0 N–H and O–H groups in total. The normalized spacial score (nSPS) is 22.7. The van der Waals surface area contributed by atoms with Crippen molar-refractivity contribution in [2.45, 2.75) is 77.7 Å². The minimum absolute atomic E-state index is 0.0186. The highest BCUT2D eigenvalue weighted by molar-refractivity contribution is 5.60. The summed E-state index contributed by atoms with van der Waals surface area (Å²) in [6.45, 7) is 10.1. The Labute approximate surface area is 263 Å². The molecule has 0 bridgehead atoms. The smallest absolute Gasteiger partial charge is 0.374 e. The molecule has 1 aliphatic rings. The van der Waals surface area contributed by atoms with Crippen molar-refractivity contribution in [2.75, 3.05) is 6.61 Å². The van der Waals surface area contributed by atoms with E-state index in [0.717, 1.165) is 34.9 Å². The largest absolute Gasteiger partial charge is 0.434 e. The Morgan fingerprint density at radius 1 is 0.844 bits per heavy atom. The lowest BCUT2D eigenvalue weighted by molar-refractivity contribution is -0.210. The SMILES string of the molecule is CC[C@H](c1ccc(-c2cnc(C(F)(F)F)cn2)cc1C)[C@H]1OC(COCc2ccccc2)[C@@H](C)[C@H](C)C1OCc1ccccc1. The molecule has 2 heterocycles. The molecule has 5 nitrogen and oxygen atoms in total. The van der Waals surface area contributed by atoms with E-state index in [1.54, 1.807) is 0 Å². The van der Waals surface area contributed by atoms with Crippen LogP contribution in [-0.2, 0) is 33.6 Å². The third-order valence-electron chi connectivity index (χ3n) is 9.01. The highest BCUT2D eigenvalue weighted by atomic mass is 19.4. The van der Waals surface area contributed by atoms with E-state index in [4.69, 9.17) is 14.2 Å². The predicted octanol–water partition coefficient (Wildman–Crippen LogP) is 8.81. The van der Waals surface area contributed by atoms with Crippen LogP contribution in [0, 0.1) is 18.8 Å². The summed E-state index contributed by atoms with van der Waals surface area (Å²) in [7, 11) is 0. The molecule has 2 unspecified atom stereocenters. The van der Waals surface area contributed by atoms with Gasteiger partial charge in [-0.2, -0.15) is 13.2 Å². The standard InChI is InChI=1S/C37H41F3N2O3/c1-5-30(31-17-16-29(18-24(31)2)32-19-42-34(20-41-32)37(38,39)40)36-35(44-22-28-14-10-7-11-15-28)26(4)25(3)33(45-36)23-43-21-27-12-8-6-9-13-27/h6-20,25-26,30,33,35-36H,5,21-23H2,1-4H3/t25-,26-,30+,33?,35?,36+/m0/s1. The first-order valence-electron chi connectivity index (χ1n) is 15.6. The maximum absolute atomic E-state index is 13.0. The number of hydrogen-bond donors (Lipinski definition) is 0. The van der Waals surface area contributed by atoms with E-state index in [0.29, 0.717) is 31.1 Å². The van der Waals surface area contributed by atoms with Crippen LogP contribution in [0.25, 0.3) is 11.3 Å². The maximum atomic E-state index is 13.0. The summed E-state index contributed by atoms with van der Waals surface area (Å²) in [6, 6.07) is 26.2. The van der Waals surface area contributed by atoms with Crippen molar-refractivity contribution in [3.63, 3.8) is 0 Å².